The Morgan fingerprint density at radius 1 is 0.295 bits per heavy atom. The van der Waals surface area contributed by atoms with Crippen molar-refractivity contribution in [1.29, 1.82) is 0 Å². The average Bonchev–Trinajstić information content (AvgIpc) is 0.869. The molecule has 6 atom stereocenters. The summed E-state index contributed by atoms with van der Waals surface area (Å²) in [6, 6.07) is -2.39. The largest absolute Gasteiger partial charge is 0.475 e. The lowest BCUT2D eigenvalue weighted by Crippen LogP contribution is -2.48. The maximum atomic E-state index is 14.5. The summed E-state index contributed by atoms with van der Waals surface area (Å²) in [4.78, 5) is 68.7. The number of carbonyl (C=O) groups excluding carboxylic acids is 5. The van der Waals surface area contributed by atoms with Gasteiger partial charge in [0.05, 0.1) is 51.7 Å². The third-order valence-electron chi connectivity index (χ3n) is 21.1. The molecule has 0 rings (SSSR count). The molecular weight excluding hydrogens is 1450 g/mol. The lowest BCUT2D eigenvalue weighted by atomic mass is 10.0. The first-order chi connectivity index (χ1) is 54.7. The minimum Gasteiger partial charge on any atom is -0.460 e. The lowest BCUT2D eigenvalue weighted by molar-refractivity contribution is -0.153. The Morgan fingerprint density at radius 2 is 0.518 bits per heavy atom. The molecule has 0 aromatic carbocycles. The van der Waals surface area contributed by atoms with Crippen LogP contribution in [-0.2, 0) is 64.9 Å². The number of rotatable bonds is 90. The van der Waals surface area contributed by atoms with Gasteiger partial charge in [-0.05, 0) is 51.4 Å². The van der Waals surface area contributed by atoms with Crippen LogP contribution in [0.5, 0.6) is 0 Å². The quantitative estimate of drug-likeness (QED) is 0.0192. The molecular formula is C91H176N4O15P2. The van der Waals surface area contributed by atoms with E-state index in [1.54, 1.807) is 0 Å². The zero-order valence-corrected chi connectivity index (χ0v) is 75.1. The molecule has 0 aliphatic carbocycles. The Morgan fingerprint density at radius 3 is 0.759 bits per heavy atom. The van der Waals surface area contributed by atoms with E-state index in [-0.39, 0.29) is 102 Å². The number of amides is 4. The summed E-state index contributed by atoms with van der Waals surface area (Å²) in [5.41, 5.74) is 0. The molecule has 0 bridgehead atoms. The van der Waals surface area contributed by atoms with Gasteiger partial charge >= 0.3 is 33.6 Å². The number of esters is 2. The summed E-state index contributed by atoms with van der Waals surface area (Å²) < 4.78 is 76.9. The first-order valence-corrected chi connectivity index (χ1v) is 49.9. The summed E-state index contributed by atoms with van der Waals surface area (Å²) in [6.07, 6.45) is 68.5. The fourth-order valence-corrected chi connectivity index (χ4v) is 16.5. The van der Waals surface area contributed by atoms with Crippen molar-refractivity contribution in [2.24, 2.45) is 0 Å². The summed E-state index contributed by atoms with van der Waals surface area (Å²) in [5.74, 6) is -1.09. The third kappa shape index (κ3) is 72.1. The molecule has 0 aliphatic heterocycles. The van der Waals surface area contributed by atoms with Gasteiger partial charge in [0.25, 0.3) is 0 Å². The Labute approximate surface area is 687 Å². The van der Waals surface area contributed by atoms with E-state index < -0.39 is 46.0 Å². The molecule has 0 heterocycles. The number of hydrogen-bond acceptors (Lipinski definition) is 15. The molecule has 0 spiro atoms. The van der Waals surface area contributed by atoms with Gasteiger partial charge in [-0.3, -0.25) is 46.3 Å². The highest BCUT2D eigenvalue weighted by molar-refractivity contribution is 7.48. The number of ether oxygens (including phenoxy) is 2. The van der Waals surface area contributed by atoms with Crippen molar-refractivity contribution in [1.82, 2.24) is 21.3 Å². The van der Waals surface area contributed by atoms with Gasteiger partial charge in [0.1, 0.15) is 12.2 Å². The second kappa shape index (κ2) is 82.9. The standard InChI is InChI=1S/C91H176N4O15P2/c1-9-17-23-29-35-41-43-49-53-59-65-71-87(96)94-83(85(69-63-57-51-45-37-31-25-19-11-3)109-89(98)73-67-61-55-47-39-33-27-21-13-5)81-107-111(101,103-77-15-7)105-79-75-92-91(100)93-76-80-106-112(102,104-78-16-8)108-82-84(95-88(97)72-66-60-54-50-44-42-36-30-24-18-10-2)86(70-64-58-52-46-38-32-26-20-12-4)110-90(99)74-68-62-56-48-40-34-28-22-14-6/h15-16,83-86H,7-14,17-82H2,1-6H3,(H,94,96)(H,95,97)(H2,92,93,100)/t83-,84-,85-,86-,111?,112?/m0/s1. The predicted molar refractivity (Wildman–Crippen MR) is 466 cm³/mol. The van der Waals surface area contributed by atoms with E-state index in [2.05, 4.69) is 76.0 Å². The van der Waals surface area contributed by atoms with Crippen molar-refractivity contribution in [3.05, 3.63) is 25.3 Å². The van der Waals surface area contributed by atoms with Gasteiger partial charge in [0.2, 0.25) is 11.8 Å². The van der Waals surface area contributed by atoms with Crippen molar-refractivity contribution < 1.29 is 69.7 Å². The molecule has 660 valence electrons. The van der Waals surface area contributed by atoms with Gasteiger partial charge in [0.15, 0.2) is 0 Å². The zero-order chi connectivity index (χ0) is 82.0. The normalized spacial score (nSPS) is 13.7. The van der Waals surface area contributed by atoms with Gasteiger partial charge in [-0.15, -0.1) is 13.2 Å². The molecule has 0 saturated carbocycles. The molecule has 4 amide bonds. The van der Waals surface area contributed by atoms with Crippen molar-refractivity contribution in [3.63, 3.8) is 0 Å². The molecule has 0 saturated heterocycles. The Balaban J connectivity index is 6.46. The van der Waals surface area contributed by atoms with Crippen LogP contribution >= 0.6 is 15.6 Å². The monoisotopic (exact) mass is 1630 g/mol. The number of urea groups is 1. The summed E-state index contributed by atoms with van der Waals surface area (Å²) >= 11 is 0. The fraction of sp³-hybridized carbons (Fsp3) is 0.901. The Kier molecular flexibility index (Phi) is 80.6. The number of hydrogen-bond donors (Lipinski definition) is 4. The Bertz CT molecular complexity index is 2120. The molecule has 21 heteroatoms. The molecule has 0 aliphatic rings. The van der Waals surface area contributed by atoms with Crippen LogP contribution in [0, 0.1) is 0 Å². The van der Waals surface area contributed by atoms with E-state index in [1.165, 1.54) is 230 Å². The highest BCUT2D eigenvalue weighted by atomic mass is 31.2. The smallest absolute Gasteiger partial charge is 0.460 e. The van der Waals surface area contributed by atoms with Crippen LogP contribution in [0.15, 0.2) is 25.3 Å². The summed E-state index contributed by atoms with van der Waals surface area (Å²) in [7, 11) is -8.81. The first-order valence-electron chi connectivity index (χ1n) is 47.0. The second-order valence-electron chi connectivity index (χ2n) is 31.9. The van der Waals surface area contributed by atoms with Gasteiger partial charge in [-0.25, -0.2) is 13.9 Å². The average molecular weight is 1630 g/mol. The number of phosphoric acid groups is 2. The molecule has 4 N–H and O–H groups in total. The number of nitrogens with one attached hydrogen (secondary N) is 4. The van der Waals surface area contributed by atoms with E-state index in [4.69, 9.17) is 36.6 Å². The zero-order valence-electron chi connectivity index (χ0n) is 73.3. The summed E-state index contributed by atoms with van der Waals surface area (Å²) in [6.45, 7) is 18.9. The van der Waals surface area contributed by atoms with Crippen LogP contribution in [0.1, 0.15) is 452 Å². The molecule has 112 heavy (non-hydrogen) atoms. The van der Waals surface area contributed by atoms with Gasteiger partial charge in [0, 0.05) is 38.8 Å². The number of carbonyl (C=O) groups is 5. The van der Waals surface area contributed by atoms with E-state index in [0.717, 1.165) is 128 Å². The van der Waals surface area contributed by atoms with Gasteiger partial charge in [-0.2, -0.15) is 0 Å². The summed E-state index contributed by atoms with van der Waals surface area (Å²) in [5, 5.41) is 11.6. The van der Waals surface area contributed by atoms with Crippen LogP contribution in [0.2, 0.25) is 0 Å². The van der Waals surface area contributed by atoms with Crippen LogP contribution in [0.4, 0.5) is 4.79 Å². The minimum absolute atomic E-state index is 0.144. The number of phosphoric ester groups is 2. The highest BCUT2D eigenvalue weighted by Crippen LogP contribution is 2.50. The lowest BCUT2D eigenvalue weighted by Gasteiger charge is -2.29. The van der Waals surface area contributed by atoms with E-state index in [1.807, 2.05) is 0 Å². The van der Waals surface area contributed by atoms with Crippen molar-refractivity contribution in [3.8, 4) is 0 Å². The molecule has 19 nitrogen and oxygen atoms in total. The Hall–Kier alpha value is -3.15. The maximum Gasteiger partial charge on any atom is 0.475 e. The second-order valence-corrected chi connectivity index (χ2v) is 35.2. The molecule has 2 unspecified atom stereocenters. The maximum absolute atomic E-state index is 14.5. The van der Waals surface area contributed by atoms with E-state index in [0.29, 0.717) is 38.5 Å². The first kappa shape index (κ1) is 109. The van der Waals surface area contributed by atoms with Crippen LogP contribution in [-0.4, -0.2) is 107 Å². The molecule has 0 fully saturated rings. The minimum atomic E-state index is -4.41. The van der Waals surface area contributed by atoms with Crippen LogP contribution in [0.3, 0.4) is 0 Å². The predicted octanol–water partition coefficient (Wildman–Crippen LogP) is 26.9. The third-order valence-corrected chi connectivity index (χ3v) is 24.0. The van der Waals surface area contributed by atoms with Crippen molar-refractivity contribution >= 4 is 45.4 Å². The molecule has 0 aromatic rings. The van der Waals surface area contributed by atoms with Gasteiger partial charge < -0.3 is 30.7 Å². The molecule has 0 aromatic heterocycles. The SMILES string of the molecule is C=CCOP(=O)(OCCNC(=O)NCCOP(=O)(OCC=C)OC[C@H](NC(=O)CCCCCCCCCCCCC)[C@H](CCCCCCCCCCC)OC(=O)CCCCCCCCCCC)OC[C@H](NC(=O)CCCCCCCCCCCCC)[C@H](CCCCCCCCCCC)OC(=O)CCCCCCCCCCC. The van der Waals surface area contributed by atoms with E-state index >= 15 is 0 Å². The highest BCUT2D eigenvalue weighted by Gasteiger charge is 2.35. The van der Waals surface area contributed by atoms with Crippen molar-refractivity contribution in [2.45, 2.75) is 477 Å². The van der Waals surface area contributed by atoms with E-state index in [9.17, 15) is 33.1 Å². The van der Waals surface area contributed by atoms with Crippen LogP contribution in [0.25, 0.3) is 0 Å². The molecule has 0 radical (unpaired) electrons. The fourth-order valence-electron chi connectivity index (χ4n) is 14.1. The van der Waals surface area contributed by atoms with Crippen molar-refractivity contribution in [2.75, 3.05) is 52.7 Å². The van der Waals surface area contributed by atoms with Crippen LogP contribution < -0.4 is 21.3 Å². The topological polar surface area (TPSA) is 241 Å². The van der Waals surface area contributed by atoms with Gasteiger partial charge in [-0.1, -0.05) is 388 Å². The number of unbranched alkanes of at least 4 members (excludes halogenated alkanes) is 52.